The topological polar surface area (TPSA) is 77.5 Å². The second-order valence-corrected chi connectivity index (χ2v) is 4.55. The molecular weight excluding hydrogens is 244 g/mol. The lowest BCUT2D eigenvalue weighted by Gasteiger charge is -2.26. The first-order valence-electron chi connectivity index (χ1n) is 6.39. The van der Waals surface area contributed by atoms with Crippen molar-refractivity contribution in [2.75, 3.05) is 29.9 Å². The molecule has 1 aromatic rings. The van der Waals surface area contributed by atoms with Gasteiger partial charge in [0.15, 0.2) is 12.6 Å². The van der Waals surface area contributed by atoms with Crippen LogP contribution in [0.4, 0.5) is 11.4 Å². The number of amides is 1. The zero-order valence-corrected chi connectivity index (χ0v) is 10.7. The Bertz CT molecular complexity index is 556. The number of nitrogens with zero attached hydrogens (tertiary/aromatic N) is 1. The molecule has 0 bridgehead atoms. The van der Waals surface area contributed by atoms with Crippen molar-refractivity contribution in [2.24, 2.45) is 0 Å². The summed E-state index contributed by atoms with van der Waals surface area (Å²) in [4.78, 5) is 13.4. The molecule has 0 unspecified atom stereocenters. The first kappa shape index (κ1) is 11.8. The molecule has 3 rings (SSSR count). The van der Waals surface area contributed by atoms with Crippen LogP contribution in [0.25, 0.3) is 0 Å². The summed E-state index contributed by atoms with van der Waals surface area (Å²) in [5.74, 6) is 0.977. The zero-order valence-electron chi connectivity index (χ0n) is 10.7. The molecule has 0 radical (unpaired) electrons. The van der Waals surface area contributed by atoms with Crippen LogP contribution in [-0.2, 0) is 11.2 Å². The quantitative estimate of drug-likeness (QED) is 0.739. The third-order valence-electron chi connectivity index (χ3n) is 3.42. The number of rotatable bonds is 2. The van der Waals surface area contributed by atoms with E-state index in [1.807, 2.05) is 24.0 Å². The summed E-state index contributed by atoms with van der Waals surface area (Å²) in [6.07, 6.45) is 0.770. The van der Waals surface area contributed by atoms with Crippen molar-refractivity contribution in [1.82, 2.24) is 5.32 Å². The molecule has 2 heterocycles. The lowest BCUT2D eigenvalue weighted by molar-refractivity contribution is -0.118. The zero-order chi connectivity index (χ0) is 13.4. The van der Waals surface area contributed by atoms with Crippen molar-refractivity contribution in [3.8, 4) is 5.75 Å². The standard InChI is InChI=1S/C13H16N4O2/c1-2-8-9(17-6-5-15-13(17)14)3-4-10-12(8)16-11(18)7-19-10/h3-4H,2,5-7H2,1H3,(H2,14,15)(H,16,18). The molecule has 1 saturated heterocycles. The molecule has 1 amide bonds. The number of hydrogen-bond acceptors (Lipinski definition) is 3. The molecule has 2 aliphatic rings. The summed E-state index contributed by atoms with van der Waals surface area (Å²) < 4.78 is 5.42. The summed E-state index contributed by atoms with van der Waals surface area (Å²) in [5, 5.41) is 13.8. The van der Waals surface area contributed by atoms with Gasteiger partial charge in [0.2, 0.25) is 0 Å². The van der Waals surface area contributed by atoms with Crippen molar-refractivity contribution in [1.29, 1.82) is 5.41 Å². The molecule has 6 nitrogen and oxygen atoms in total. The molecule has 0 atom stereocenters. The van der Waals surface area contributed by atoms with Crippen molar-refractivity contribution in [3.63, 3.8) is 0 Å². The average molecular weight is 260 g/mol. The van der Waals surface area contributed by atoms with E-state index in [-0.39, 0.29) is 12.5 Å². The minimum absolute atomic E-state index is 0.0661. The van der Waals surface area contributed by atoms with Crippen LogP contribution < -0.4 is 20.3 Å². The smallest absolute Gasteiger partial charge is 0.262 e. The Hall–Kier alpha value is -2.24. The van der Waals surface area contributed by atoms with E-state index in [0.29, 0.717) is 11.7 Å². The molecule has 100 valence electrons. The summed E-state index contributed by atoms with van der Waals surface area (Å²) in [7, 11) is 0. The molecule has 0 aliphatic carbocycles. The fourth-order valence-electron chi connectivity index (χ4n) is 2.54. The van der Waals surface area contributed by atoms with Gasteiger partial charge in [0.25, 0.3) is 5.91 Å². The fourth-order valence-corrected chi connectivity index (χ4v) is 2.54. The number of anilines is 2. The van der Waals surface area contributed by atoms with Crippen LogP contribution >= 0.6 is 0 Å². The van der Waals surface area contributed by atoms with E-state index < -0.39 is 0 Å². The van der Waals surface area contributed by atoms with E-state index in [9.17, 15) is 4.79 Å². The van der Waals surface area contributed by atoms with E-state index in [4.69, 9.17) is 10.1 Å². The van der Waals surface area contributed by atoms with Crippen molar-refractivity contribution < 1.29 is 9.53 Å². The van der Waals surface area contributed by atoms with Gasteiger partial charge in [-0.25, -0.2) is 0 Å². The Morgan fingerprint density at radius 1 is 1.47 bits per heavy atom. The maximum absolute atomic E-state index is 11.5. The van der Waals surface area contributed by atoms with E-state index >= 15 is 0 Å². The summed E-state index contributed by atoms with van der Waals surface area (Å²) in [5.41, 5.74) is 2.72. The lowest BCUT2D eigenvalue weighted by Crippen LogP contribution is -2.31. The second-order valence-electron chi connectivity index (χ2n) is 4.55. The Morgan fingerprint density at radius 2 is 2.32 bits per heavy atom. The van der Waals surface area contributed by atoms with E-state index in [1.165, 1.54) is 0 Å². The van der Waals surface area contributed by atoms with Gasteiger partial charge in [-0.05, 0) is 18.6 Å². The van der Waals surface area contributed by atoms with Gasteiger partial charge in [-0.2, -0.15) is 0 Å². The first-order valence-corrected chi connectivity index (χ1v) is 6.39. The highest BCUT2D eigenvalue weighted by Crippen LogP contribution is 2.38. The van der Waals surface area contributed by atoms with Gasteiger partial charge in [0.05, 0.1) is 5.69 Å². The van der Waals surface area contributed by atoms with Gasteiger partial charge in [-0.3, -0.25) is 10.2 Å². The predicted molar refractivity (Wildman–Crippen MR) is 73.0 cm³/mol. The second kappa shape index (κ2) is 4.46. The third-order valence-corrected chi connectivity index (χ3v) is 3.42. The number of ether oxygens (including phenoxy) is 1. The molecule has 0 spiro atoms. The van der Waals surface area contributed by atoms with Crippen LogP contribution in [0, 0.1) is 5.41 Å². The highest BCUT2D eigenvalue weighted by Gasteiger charge is 2.26. The van der Waals surface area contributed by atoms with Gasteiger partial charge in [-0.1, -0.05) is 6.92 Å². The number of carbonyl (C=O) groups excluding carboxylic acids is 1. The maximum Gasteiger partial charge on any atom is 0.262 e. The molecule has 2 aliphatic heterocycles. The van der Waals surface area contributed by atoms with Crippen LogP contribution in [0.15, 0.2) is 12.1 Å². The van der Waals surface area contributed by atoms with E-state index in [1.54, 1.807) is 0 Å². The molecule has 19 heavy (non-hydrogen) atoms. The highest BCUT2D eigenvalue weighted by molar-refractivity contribution is 6.01. The first-order chi connectivity index (χ1) is 9.20. The SMILES string of the molecule is CCc1c(N2CCNC2=N)ccc2c1NC(=O)CO2. The number of benzene rings is 1. The highest BCUT2D eigenvalue weighted by atomic mass is 16.5. The van der Waals surface area contributed by atoms with E-state index in [2.05, 4.69) is 10.6 Å². The van der Waals surface area contributed by atoms with Crippen molar-refractivity contribution in [2.45, 2.75) is 13.3 Å². The van der Waals surface area contributed by atoms with E-state index in [0.717, 1.165) is 36.4 Å². The maximum atomic E-state index is 11.5. The molecule has 0 saturated carbocycles. The number of carbonyl (C=O) groups is 1. The van der Waals surface area contributed by atoms with Crippen molar-refractivity contribution >= 4 is 23.2 Å². The average Bonchev–Trinajstić information content (AvgIpc) is 2.83. The van der Waals surface area contributed by atoms with Crippen LogP contribution in [0.1, 0.15) is 12.5 Å². The van der Waals surface area contributed by atoms with Crippen molar-refractivity contribution in [3.05, 3.63) is 17.7 Å². The fraction of sp³-hybridized carbons (Fsp3) is 0.385. The summed E-state index contributed by atoms with van der Waals surface area (Å²) in [6, 6.07) is 3.81. The third kappa shape index (κ3) is 1.89. The molecule has 1 fully saturated rings. The monoisotopic (exact) mass is 260 g/mol. The van der Waals surface area contributed by atoms with Crippen LogP contribution in [0.5, 0.6) is 5.75 Å². The molecule has 0 aromatic heterocycles. The molecule has 1 aromatic carbocycles. The van der Waals surface area contributed by atoms with Gasteiger partial charge in [-0.15, -0.1) is 0 Å². The van der Waals surface area contributed by atoms with Crippen LogP contribution in [-0.4, -0.2) is 31.6 Å². The molecule has 3 N–H and O–H groups in total. The number of guanidine groups is 1. The summed E-state index contributed by atoms with van der Waals surface area (Å²) >= 11 is 0. The Kier molecular flexibility index (Phi) is 2.77. The van der Waals surface area contributed by atoms with Crippen LogP contribution in [0.2, 0.25) is 0 Å². The Balaban J connectivity index is 2.08. The van der Waals surface area contributed by atoms with Gasteiger partial charge < -0.3 is 20.3 Å². The number of fused-ring (bicyclic) bond motifs is 1. The number of nitrogens with one attached hydrogen (secondary N) is 3. The largest absolute Gasteiger partial charge is 0.482 e. The predicted octanol–water partition coefficient (Wildman–Crippen LogP) is 0.924. The lowest BCUT2D eigenvalue weighted by atomic mass is 10.0. The van der Waals surface area contributed by atoms with Gasteiger partial charge in [0, 0.05) is 24.3 Å². The normalized spacial score (nSPS) is 17.6. The minimum atomic E-state index is -0.131. The minimum Gasteiger partial charge on any atom is -0.482 e. The summed E-state index contributed by atoms with van der Waals surface area (Å²) in [6.45, 7) is 3.63. The molecule has 6 heteroatoms. The van der Waals surface area contributed by atoms with Gasteiger partial charge in [0.1, 0.15) is 5.75 Å². The van der Waals surface area contributed by atoms with Crippen LogP contribution in [0.3, 0.4) is 0 Å². The van der Waals surface area contributed by atoms with Gasteiger partial charge >= 0.3 is 0 Å². The Morgan fingerprint density at radius 3 is 3.00 bits per heavy atom. The molecular formula is C13H16N4O2. The number of hydrogen-bond donors (Lipinski definition) is 3. The Labute approximate surface area is 111 Å².